The van der Waals surface area contributed by atoms with Crippen molar-refractivity contribution in [1.82, 2.24) is 0 Å². The third-order valence-corrected chi connectivity index (χ3v) is 5.34. The Morgan fingerprint density at radius 1 is 1.26 bits per heavy atom. The normalized spacial score (nSPS) is 44.4. The summed E-state index contributed by atoms with van der Waals surface area (Å²) in [5.41, 5.74) is 0.338. The summed E-state index contributed by atoms with van der Waals surface area (Å²) in [4.78, 5) is 11.3. The van der Waals surface area contributed by atoms with E-state index in [1.807, 2.05) is 0 Å². The number of esters is 1. The Kier molecular flexibility index (Phi) is 2.75. The number of ether oxygens (including phenoxy) is 1. The lowest BCUT2D eigenvalue weighted by molar-refractivity contribution is -0.183. The third-order valence-electron chi connectivity index (χ3n) is 5.34. The SMILES string of the molecule is CC12CC3CC(C1)CC(COC(=O)C(C)(F)F)(C3)C2. The van der Waals surface area contributed by atoms with E-state index in [4.69, 9.17) is 4.74 Å². The summed E-state index contributed by atoms with van der Waals surface area (Å²) in [6.07, 6.45) is 6.97. The maximum Gasteiger partial charge on any atom is 0.376 e. The molecule has 2 nitrogen and oxygen atoms in total. The highest BCUT2D eigenvalue weighted by molar-refractivity contribution is 5.76. The lowest BCUT2D eigenvalue weighted by Crippen LogP contribution is -2.53. The molecule has 4 heteroatoms. The molecule has 0 aromatic rings. The van der Waals surface area contributed by atoms with Crippen LogP contribution in [-0.2, 0) is 9.53 Å². The molecule has 4 saturated carbocycles. The highest BCUT2D eigenvalue weighted by Gasteiger charge is 2.56. The Labute approximate surface area is 112 Å². The largest absolute Gasteiger partial charge is 0.461 e. The molecule has 0 aliphatic heterocycles. The molecule has 0 saturated heterocycles. The van der Waals surface area contributed by atoms with Crippen molar-refractivity contribution in [3.05, 3.63) is 0 Å². The molecular weight excluding hydrogens is 250 g/mol. The van der Waals surface area contributed by atoms with Gasteiger partial charge in [-0.05, 0) is 55.8 Å². The Morgan fingerprint density at radius 3 is 2.32 bits per heavy atom. The van der Waals surface area contributed by atoms with Crippen LogP contribution >= 0.6 is 0 Å². The fourth-order valence-corrected chi connectivity index (χ4v) is 5.44. The van der Waals surface area contributed by atoms with Crippen molar-refractivity contribution in [2.75, 3.05) is 6.61 Å². The maximum atomic E-state index is 12.9. The minimum absolute atomic E-state index is 0.0141. The molecule has 0 radical (unpaired) electrons. The Morgan fingerprint density at radius 2 is 1.84 bits per heavy atom. The van der Waals surface area contributed by atoms with Gasteiger partial charge in [0, 0.05) is 12.3 Å². The van der Waals surface area contributed by atoms with E-state index in [1.54, 1.807) is 0 Å². The van der Waals surface area contributed by atoms with Crippen LogP contribution in [0.5, 0.6) is 0 Å². The van der Waals surface area contributed by atoms with Crippen LogP contribution in [0.1, 0.15) is 52.4 Å². The quantitative estimate of drug-likeness (QED) is 0.731. The highest BCUT2D eigenvalue weighted by Crippen LogP contribution is 2.65. The number of carbonyl (C=O) groups excluding carboxylic acids is 1. The van der Waals surface area contributed by atoms with Gasteiger partial charge in [0.2, 0.25) is 0 Å². The van der Waals surface area contributed by atoms with Crippen LogP contribution in [0.25, 0.3) is 0 Å². The van der Waals surface area contributed by atoms with Gasteiger partial charge >= 0.3 is 11.9 Å². The number of halogens is 2. The molecule has 4 aliphatic carbocycles. The van der Waals surface area contributed by atoms with Gasteiger partial charge in [-0.15, -0.1) is 0 Å². The smallest absolute Gasteiger partial charge is 0.376 e. The summed E-state index contributed by atoms with van der Waals surface area (Å²) < 4.78 is 30.7. The first-order valence-corrected chi connectivity index (χ1v) is 7.25. The van der Waals surface area contributed by atoms with Crippen LogP contribution in [0.15, 0.2) is 0 Å². The molecule has 2 atom stereocenters. The summed E-state index contributed by atoms with van der Waals surface area (Å²) in [5, 5.41) is 0. The van der Waals surface area contributed by atoms with Gasteiger partial charge in [0.1, 0.15) is 0 Å². The summed E-state index contributed by atoms with van der Waals surface area (Å²) >= 11 is 0. The second-order valence-corrected chi connectivity index (χ2v) is 7.74. The molecule has 0 amide bonds. The zero-order valence-electron chi connectivity index (χ0n) is 11.7. The van der Waals surface area contributed by atoms with Crippen LogP contribution in [0.3, 0.4) is 0 Å². The average molecular weight is 272 g/mol. The summed E-state index contributed by atoms with van der Waals surface area (Å²) in [5.74, 6) is -3.31. The molecule has 4 rings (SSSR count). The van der Waals surface area contributed by atoms with Gasteiger partial charge in [0.25, 0.3) is 0 Å². The highest BCUT2D eigenvalue weighted by atomic mass is 19.3. The second kappa shape index (κ2) is 3.92. The van der Waals surface area contributed by atoms with Crippen molar-refractivity contribution in [1.29, 1.82) is 0 Å². The van der Waals surface area contributed by atoms with Gasteiger partial charge in [0.15, 0.2) is 0 Å². The van der Waals surface area contributed by atoms with Crippen molar-refractivity contribution >= 4 is 5.97 Å². The lowest BCUT2D eigenvalue weighted by Gasteiger charge is -2.61. The Bertz CT molecular complexity index is 385. The average Bonchev–Trinajstić information content (AvgIpc) is 2.21. The van der Waals surface area contributed by atoms with Crippen molar-refractivity contribution in [2.24, 2.45) is 22.7 Å². The van der Waals surface area contributed by atoms with E-state index in [9.17, 15) is 13.6 Å². The molecular formula is C15H22F2O2. The predicted molar refractivity (Wildman–Crippen MR) is 66.8 cm³/mol. The molecule has 108 valence electrons. The summed E-state index contributed by atoms with van der Waals surface area (Å²) in [6, 6.07) is 0. The van der Waals surface area contributed by atoms with Crippen molar-refractivity contribution in [3.63, 3.8) is 0 Å². The van der Waals surface area contributed by atoms with Crippen LogP contribution in [0.4, 0.5) is 8.78 Å². The maximum absolute atomic E-state index is 12.9. The molecule has 2 unspecified atom stereocenters. The fraction of sp³-hybridized carbons (Fsp3) is 0.933. The number of carbonyl (C=O) groups is 1. The molecule has 4 fully saturated rings. The summed E-state index contributed by atoms with van der Waals surface area (Å²) in [6.45, 7) is 3.11. The van der Waals surface area contributed by atoms with Crippen LogP contribution < -0.4 is 0 Å². The van der Waals surface area contributed by atoms with E-state index in [0.717, 1.165) is 19.3 Å². The van der Waals surface area contributed by atoms with Gasteiger partial charge in [-0.1, -0.05) is 6.92 Å². The third kappa shape index (κ3) is 2.38. The molecule has 19 heavy (non-hydrogen) atoms. The topological polar surface area (TPSA) is 26.3 Å². The van der Waals surface area contributed by atoms with Crippen LogP contribution in [0.2, 0.25) is 0 Å². The number of alkyl halides is 2. The van der Waals surface area contributed by atoms with E-state index in [2.05, 4.69) is 6.92 Å². The minimum atomic E-state index is -3.37. The summed E-state index contributed by atoms with van der Waals surface area (Å²) in [7, 11) is 0. The van der Waals surface area contributed by atoms with Crippen molar-refractivity contribution in [3.8, 4) is 0 Å². The Hall–Kier alpha value is -0.670. The van der Waals surface area contributed by atoms with Crippen molar-refractivity contribution < 1.29 is 18.3 Å². The van der Waals surface area contributed by atoms with Gasteiger partial charge in [-0.25, -0.2) is 4.79 Å². The number of hydrogen-bond acceptors (Lipinski definition) is 2. The van der Waals surface area contributed by atoms with E-state index in [0.29, 0.717) is 24.2 Å². The first-order valence-electron chi connectivity index (χ1n) is 7.25. The van der Waals surface area contributed by atoms with E-state index in [1.165, 1.54) is 19.3 Å². The molecule has 4 aliphatic rings. The standard InChI is InChI=1S/C15H22F2O2/c1-13-4-10-3-11(5-13)7-15(6-10,8-13)9-19-12(18)14(2,16)17/h10-11H,3-9H2,1-2H3. The van der Waals surface area contributed by atoms with E-state index in [-0.39, 0.29) is 12.0 Å². The second-order valence-electron chi connectivity index (χ2n) is 7.74. The first kappa shape index (κ1) is 13.3. The number of hydrogen-bond donors (Lipinski definition) is 0. The van der Waals surface area contributed by atoms with Gasteiger partial charge in [-0.2, -0.15) is 8.78 Å². The predicted octanol–water partition coefficient (Wildman–Crippen LogP) is 3.79. The van der Waals surface area contributed by atoms with Crippen LogP contribution in [-0.4, -0.2) is 18.5 Å². The minimum Gasteiger partial charge on any atom is -0.461 e. The molecule has 4 bridgehead atoms. The molecule has 0 aromatic carbocycles. The monoisotopic (exact) mass is 272 g/mol. The zero-order valence-corrected chi connectivity index (χ0v) is 11.7. The van der Waals surface area contributed by atoms with E-state index < -0.39 is 11.9 Å². The fourth-order valence-electron chi connectivity index (χ4n) is 5.44. The van der Waals surface area contributed by atoms with E-state index >= 15 is 0 Å². The van der Waals surface area contributed by atoms with Gasteiger partial charge < -0.3 is 4.74 Å². The van der Waals surface area contributed by atoms with Crippen molar-refractivity contribution in [2.45, 2.75) is 58.3 Å². The zero-order chi connectivity index (χ0) is 13.9. The van der Waals surface area contributed by atoms with Crippen LogP contribution in [0, 0.1) is 22.7 Å². The van der Waals surface area contributed by atoms with Gasteiger partial charge in [0.05, 0.1) is 6.61 Å². The molecule has 0 spiro atoms. The Balaban J connectivity index is 1.69. The molecule has 0 aromatic heterocycles. The van der Waals surface area contributed by atoms with Gasteiger partial charge in [-0.3, -0.25) is 0 Å². The molecule has 0 N–H and O–H groups in total. The number of rotatable bonds is 3. The molecule has 0 heterocycles. The first-order chi connectivity index (χ1) is 8.70. The lowest BCUT2D eigenvalue weighted by atomic mass is 9.45.